The molecule has 0 unspecified atom stereocenters. The molecule has 21 heavy (non-hydrogen) atoms. The standard InChI is InChI=1S/C15H13Cl2FO3/c1-20-13-4-2-3-9(14(13)18)8-21-15-10(7-19)5-11(16)6-12(15)17/h2-6,19H,7-8H2,1H3. The lowest BCUT2D eigenvalue weighted by atomic mass is 10.2. The Morgan fingerprint density at radius 2 is 1.95 bits per heavy atom. The van der Waals surface area contributed by atoms with Gasteiger partial charge in [-0.25, -0.2) is 4.39 Å². The average Bonchev–Trinajstić information content (AvgIpc) is 2.47. The summed E-state index contributed by atoms with van der Waals surface area (Å²) in [6, 6.07) is 7.81. The van der Waals surface area contributed by atoms with Crippen molar-refractivity contribution in [1.82, 2.24) is 0 Å². The molecule has 2 aromatic rings. The minimum absolute atomic E-state index is 0.0443. The van der Waals surface area contributed by atoms with Crippen molar-refractivity contribution in [2.75, 3.05) is 7.11 Å². The minimum Gasteiger partial charge on any atom is -0.494 e. The van der Waals surface area contributed by atoms with Gasteiger partial charge in [-0.15, -0.1) is 0 Å². The van der Waals surface area contributed by atoms with Crippen LogP contribution in [-0.4, -0.2) is 12.2 Å². The molecule has 0 bridgehead atoms. The highest BCUT2D eigenvalue weighted by Gasteiger charge is 2.13. The van der Waals surface area contributed by atoms with Crippen molar-refractivity contribution in [3.8, 4) is 11.5 Å². The Morgan fingerprint density at radius 1 is 1.19 bits per heavy atom. The van der Waals surface area contributed by atoms with Gasteiger partial charge in [-0.05, 0) is 18.2 Å². The third-order valence-corrected chi connectivity index (χ3v) is 3.39. The van der Waals surface area contributed by atoms with E-state index in [2.05, 4.69) is 0 Å². The molecule has 0 radical (unpaired) electrons. The Labute approximate surface area is 131 Å². The van der Waals surface area contributed by atoms with E-state index >= 15 is 0 Å². The van der Waals surface area contributed by atoms with Gasteiger partial charge in [0.25, 0.3) is 0 Å². The van der Waals surface area contributed by atoms with Crippen LogP contribution in [0, 0.1) is 5.82 Å². The Hall–Kier alpha value is -1.49. The van der Waals surface area contributed by atoms with Crippen LogP contribution in [0.5, 0.6) is 11.5 Å². The zero-order valence-corrected chi connectivity index (χ0v) is 12.7. The highest BCUT2D eigenvalue weighted by atomic mass is 35.5. The summed E-state index contributed by atoms with van der Waals surface area (Å²) < 4.78 is 24.5. The Balaban J connectivity index is 2.25. The Morgan fingerprint density at radius 3 is 2.62 bits per heavy atom. The molecule has 0 aliphatic rings. The lowest BCUT2D eigenvalue weighted by Gasteiger charge is -2.13. The first-order valence-electron chi connectivity index (χ1n) is 6.09. The van der Waals surface area contributed by atoms with Gasteiger partial charge in [0.15, 0.2) is 11.6 Å². The molecule has 6 heteroatoms. The second-order valence-electron chi connectivity index (χ2n) is 4.26. The van der Waals surface area contributed by atoms with Gasteiger partial charge in [0.2, 0.25) is 0 Å². The molecule has 0 amide bonds. The van der Waals surface area contributed by atoms with Crippen molar-refractivity contribution in [2.45, 2.75) is 13.2 Å². The van der Waals surface area contributed by atoms with Gasteiger partial charge in [0.05, 0.1) is 18.7 Å². The number of aliphatic hydroxyl groups is 1. The number of aliphatic hydroxyl groups excluding tert-OH is 1. The molecular weight excluding hydrogens is 318 g/mol. The van der Waals surface area contributed by atoms with E-state index in [-0.39, 0.29) is 29.7 Å². The molecule has 0 spiro atoms. The molecule has 0 saturated heterocycles. The number of benzene rings is 2. The summed E-state index contributed by atoms with van der Waals surface area (Å²) >= 11 is 11.9. The van der Waals surface area contributed by atoms with E-state index < -0.39 is 5.82 Å². The fourth-order valence-electron chi connectivity index (χ4n) is 1.87. The number of halogens is 3. The molecular formula is C15H13Cl2FO3. The van der Waals surface area contributed by atoms with E-state index in [1.807, 2.05) is 0 Å². The summed E-state index contributed by atoms with van der Waals surface area (Å²) in [6.45, 7) is -0.326. The number of ether oxygens (including phenoxy) is 2. The molecule has 0 atom stereocenters. The van der Waals surface area contributed by atoms with Crippen molar-refractivity contribution < 1.29 is 19.0 Å². The molecule has 0 heterocycles. The fraction of sp³-hybridized carbons (Fsp3) is 0.200. The topological polar surface area (TPSA) is 38.7 Å². The highest BCUT2D eigenvalue weighted by molar-refractivity contribution is 6.35. The van der Waals surface area contributed by atoms with Crippen molar-refractivity contribution in [3.63, 3.8) is 0 Å². The maximum atomic E-state index is 14.0. The first-order valence-corrected chi connectivity index (χ1v) is 6.85. The van der Waals surface area contributed by atoms with Crippen LogP contribution < -0.4 is 9.47 Å². The van der Waals surface area contributed by atoms with Crippen LogP contribution in [0.3, 0.4) is 0 Å². The van der Waals surface area contributed by atoms with Gasteiger partial charge < -0.3 is 14.6 Å². The van der Waals surface area contributed by atoms with Gasteiger partial charge in [-0.2, -0.15) is 0 Å². The van der Waals surface area contributed by atoms with Gasteiger partial charge in [-0.3, -0.25) is 0 Å². The van der Waals surface area contributed by atoms with Crippen LogP contribution in [0.25, 0.3) is 0 Å². The summed E-state index contributed by atoms with van der Waals surface area (Å²) in [5.41, 5.74) is 0.764. The van der Waals surface area contributed by atoms with Crippen LogP contribution in [0.1, 0.15) is 11.1 Å². The van der Waals surface area contributed by atoms with Gasteiger partial charge >= 0.3 is 0 Å². The van der Waals surface area contributed by atoms with Crippen molar-refractivity contribution in [1.29, 1.82) is 0 Å². The van der Waals surface area contributed by atoms with E-state index in [1.165, 1.54) is 19.2 Å². The average molecular weight is 331 g/mol. The molecule has 0 aliphatic carbocycles. The molecule has 0 fully saturated rings. The molecule has 2 rings (SSSR count). The zero-order valence-electron chi connectivity index (χ0n) is 11.2. The third kappa shape index (κ3) is 3.59. The number of hydrogen-bond donors (Lipinski definition) is 1. The number of rotatable bonds is 5. The predicted molar refractivity (Wildman–Crippen MR) is 79.7 cm³/mol. The Kier molecular flexibility index (Phi) is 5.28. The predicted octanol–water partition coefficient (Wildman–Crippen LogP) is 4.21. The van der Waals surface area contributed by atoms with Crippen LogP contribution in [-0.2, 0) is 13.2 Å². The summed E-state index contributed by atoms with van der Waals surface area (Å²) in [5.74, 6) is -0.0675. The van der Waals surface area contributed by atoms with E-state index in [1.54, 1.807) is 18.2 Å². The first-order chi connectivity index (χ1) is 10.1. The fourth-order valence-corrected chi connectivity index (χ4v) is 2.46. The second kappa shape index (κ2) is 6.98. The molecule has 2 aromatic carbocycles. The van der Waals surface area contributed by atoms with Gasteiger partial charge in [0, 0.05) is 16.1 Å². The lowest BCUT2D eigenvalue weighted by Crippen LogP contribution is -2.03. The Bertz CT molecular complexity index is 647. The molecule has 0 aliphatic heterocycles. The smallest absolute Gasteiger partial charge is 0.171 e. The van der Waals surface area contributed by atoms with Gasteiger partial charge in [-0.1, -0.05) is 35.3 Å². The van der Waals surface area contributed by atoms with E-state index in [9.17, 15) is 9.50 Å². The minimum atomic E-state index is -0.490. The first kappa shape index (κ1) is 15.9. The summed E-state index contributed by atoms with van der Waals surface area (Å²) in [7, 11) is 1.39. The monoisotopic (exact) mass is 330 g/mol. The van der Waals surface area contributed by atoms with Gasteiger partial charge in [0.1, 0.15) is 12.4 Å². The van der Waals surface area contributed by atoms with E-state index in [0.717, 1.165) is 0 Å². The SMILES string of the molecule is COc1cccc(COc2c(Cl)cc(Cl)cc2CO)c1F. The number of hydrogen-bond acceptors (Lipinski definition) is 3. The normalized spacial score (nSPS) is 10.5. The maximum Gasteiger partial charge on any atom is 0.171 e. The van der Waals surface area contributed by atoms with Crippen molar-refractivity contribution in [3.05, 3.63) is 57.3 Å². The second-order valence-corrected chi connectivity index (χ2v) is 5.10. The molecule has 0 saturated carbocycles. The van der Waals surface area contributed by atoms with Crippen molar-refractivity contribution in [2.24, 2.45) is 0 Å². The largest absolute Gasteiger partial charge is 0.494 e. The third-order valence-electron chi connectivity index (χ3n) is 2.89. The molecule has 1 N–H and O–H groups in total. The number of methoxy groups -OCH3 is 1. The van der Waals surface area contributed by atoms with Crippen LogP contribution >= 0.6 is 23.2 Å². The summed E-state index contributed by atoms with van der Waals surface area (Å²) in [6.07, 6.45) is 0. The van der Waals surface area contributed by atoms with Crippen molar-refractivity contribution >= 4 is 23.2 Å². The molecule has 0 aromatic heterocycles. The maximum absolute atomic E-state index is 14.0. The van der Waals surface area contributed by atoms with Crippen LogP contribution in [0.15, 0.2) is 30.3 Å². The molecule has 112 valence electrons. The lowest BCUT2D eigenvalue weighted by molar-refractivity contribution is 0.256. The van der Waals surface area contributed by atoms with Crippen LogP contribution in [0.2, 0.25) is 10.0 Å². The summed E-state index contributed by atoms with van der Waals surface area (Å²) in [4.78, 5) is 0. The zero-order chi connectivity index (χ0) is 15.4. The quantitative estimate of drug-likeness (QED) is 0.892. The van der Waals surface area contributed by atoms with E-state index in [4.69, 9.17) is 32.7 Å². The summed E-state index contributed by atoms with van der Waals surface area (Å²) in [5, 5.41) is 9.96. The highest BCUT2D eigenvalue weighted by Crippen LogP contribution is 2.33. The molecule has 3 nitrogen and oxygen atoms in total. The van der Waals surface area contributed by atoms with Crippen LogP contribution in [0.4, 0.5) is 4.39 Å². The van der Waals surface area contributed by atoms with E-state index in [0.29, 0.717) is 16.1 Å².